The monoisotopic (exact) mass is 328 g/mol. The van der Waals surface area contributed by atoms with Gasteiger partial charge in [-0.25, -0.2) is 14.4 Å². The molecule has 1 aromatic carbocycles. The highest BCUT2D eigenvalue weighted by Gasteiger charge is 2.45. The van der Waals surface area contributed by atoms with Gasteiger partial charge in [-0.05, 0) is 18.6 Å². The van der Waals surface area contributed by atoms with Crippen molar-refractivity contribution in [3.05, 3.63) is 48.5 Å². The van der Waals surface area contributed by atoms with Crippen molar-refractivity contribution in [2.75, 3.05) is 23.3 Å². The lowest BCUT2D eigenvalue weighted by Gasteiger charge is -2.32. The smallest absolute Gasteiger partial charge is 0.230 e. The predicted molar refractivity (Wildman–Crippen MR) is 86.0 cm³/mol. The number of para-hydroxylation sites is 1. The van der Waals surface area contributed by atoms with E-state index in [9.17, 15) is 9.18 Å². The highest BCUT2D eigenvalue weighted by Crippen LogP contribution is 2.33. The summed E-state index contributed by atoms with van der Waals surface area (Å²) in [5.41, 5.74) is 0.780. The Balaban J connectivity index is 1.45. The molecular weight excluding hydrogens is 311 g/mol. The molecule has 0 unspecified atom stereocenters. The van der Waals surface area contributed by atoms with Gasteiger partial charge in [-0.15, -0.1) is 0 Å². The summed E-state index contributed by atoms with van der Waals surface area (Å²) < 4.78 is 18.9. The SMILES string of the molecule is O=C(Nc1ccccc1)[C@@H]1C[C@H]2CN(c3ncc(F)cn3)C[C@@H]1O2. The number of nitrogens with zero attached hydrogens (tertiary/aromatic N) is 3. The number of aromatic nitrogens is 2. The molecule has 7 heteroatoms. The van der Waals surface area contributed by atoms with E-state index in [2.05, 4.69) is 15.3 Å². The van der Waals surface area contributed by atoms with Crippen LogP contribution >= 0.6 is 0 Å². The third kappa shape index (κ3) is 2.94. The van der Waals surface area contributed by atoms with Gasteiger partial charge in [0.1, 0.15) is 0 Å². The van der Waals surface area contributed by atoms with Crippen LogP contribution in [-0.2, 0) is 9.53 Å². The summed E-state index contributed by atoms with van der Waals surface area (Å²) in [5, 5.41) is 2.94. The predicted octanol–water partition coefficient (Wildman–Crippen LogP) is 1.85. The lowest BCUT2D eigenvalue weighted by atomic mass is 9.99. The van der Waals surface area contributed by atoms with E-state index in [-0.39, 0.29) is 24.0 Å². The summed E-state index contributed by atoms with van der Waals surface area (Å²) in [6, 6.07) is 9.39. The van der Waals surface area contributed by atoms with Crippen LogP contribution < -0.4 is 10.2 Å². The number of carbonyl (C=O) groups excluding carboxylic acids is 1. The van der Waals surface area contributed by atoms with Crippen molar-refractivity contribution in [1.82, 2.24) is 9.97 Å². The number of carbonyl (C=O) groups is 1. The van der Waals surface area contributed by atoms with Gasteiger partial charge in [0.05, 0.1) is 30.5 Å². The van der Waals surface area contributed by atoms with Gasteiger partial charge in [-0.3, -0.25) is 4.79 Å². The first-order valence-corrected chi connectivity index (χ1v) is 7.93. The molecule has 2 aliphatic heterocycles. The van der Waals surface area contributed by atoms with Crippen LogP contribution in [0, 0.1) is 11.7 Å². The second kappa shape index (κ2) is 6.16. The Labute approximate surface area is 138 Å². The highest BCUT2D eigenvalue weighted by atomic mass is 19.1. The number of fused-ring (bicyclic) bond motifs is 2. The van der Waals surface area contributed by atoms with Crippen molar-refractivity contribution in [1.29, 1.82) is 0 Å². The number of hydrogen-bond acceptors (Lipinski definition) is 5. The summed E-state index contributed by atoms with van der Waals surface area (Å²) in [7, 11) is 0. The van der Waals surface area contributed by atoms with Crippen molar-refractivity contribution >= 4 is 17.5 Å². The average Bonchev–Trinajstić information content (AvgIpc) is 2.90. The van der Waals surface area contributed by atoms with Crippen LogP contribution in [0.4, 0.5) is 16.0 Å². The van der Waals surface area contributed by atoms with Crippen LogP contribution in [0.2, 0.25) is 0 Å². The van der Waals surface area contributed by atoms with Gasteiger partial charge >= 0.3 is 0 Å². The van der Waals surface area contributed by atoms with E-state index in [4.69, 9.17) is 4.74 Å². The van der Waals surface area contributed by atoms with Crippen LogP contribution in [-0.4, -0.2) is 41.2 Å². The number of rotatable bonds is 3. The van der Waals surface area contributed by atoms with Crippen LogP contribution in [0.3, 0.4) is 0 Å². The fourth-order valence-corrected chi connectivity index (χ4v) is 3.32. The largest absolute Gasteiger partial charge is 0.370 e. The Kier molecular flexibility index (Phi) is 3.86. The summed E-state index contributed by atoms with van der Waals surface area (Å²) in [5.74, 6) is -0.231. The second-order valence-electron chi connectivity index (χ2n) is 6.10. The number of nitrogens with one attached hydrogen (secondary N) is 1. The molecule has 3 atom stereocenters. The summed E-state index contributed by atoms with van der Waals surface area (Å²) >= 11 is 0. The van der Waals surface area contributed by atoms with Crippen LogP contribution in [0.1, 0.15) is 6.42 Å². The molecular formula is C17H17FN4O2. The zero-order chi connectivity index (χ0) is 16.5. The highest BCUT2D eigenvalue weighted by molar-refractivity contribution is 5.93. The zero-order valence-corrected chi connectivity index (χ0v) is 12.9. The van der Waals surface area contributed by atoms with Gasteiger partial charge < -0.3 is 15.0 Å². The van der Waals surface area contributed by atoms with E-state index < -0.39 is 5.82 Å². The number of amides is 1. The molecule has 0 saturated carbocycles. The Morgan fingerprint density at radius 1 is 1.21 bits per heavy atom. The van der Waals surface area contributed by atoms with E-state index in [0.29, 0.717) is 25.5 Å². The lowest BCUT2D eigenvalue weighted by Crippen LogP contribution is -2.45. The molecule has 4 rings (SSSR count). The fraction of sp³-hybridized carbons (Fsp3) is 0.353. The Bertz CT molecular complexity index is 725. The van der Waals surface area contributed by atoms with Crippen LogP contribution in [0.25, 0.3) is 0 Å². The zero-order valence-electron chi connectivity index (χ0n) is 12.9. The first-order valence-electron chi connectivity index (χ1n) is 7.93. The maximum atomic E-state index is 13.0. The van der Waals surface area contributed by atoms with Crippen molar-refractivity contribution in [3.63, 3.8) is 0 Å². The third-order valence-electron chi connectivity index (χ3n) is 4.42. The van der Waals surface area contributed by atoms with Crippen molar-refractivity contribution in [3.8, 4) is 0 Å². The molecule has 124 valence electrons. The minimum Gasteiger partial charge on any atom is -0.370 e. The number of morpholine rings is 1. The molecule has 2 aromatic rings. The van der Waals surface area contributed by atoms with Crippen molar-refractivity contribution in [2.24, 2.45) is 5.92 Å². The maximum absolute atomic E-state index is 13.0. The van der Waals surface area contributed by atoms with E-state index in [1.807, 2.05) is 35.2 Å². The van der Waals surface area contributed by atoms with E-state index in [1.54, 1.807) is 0 Å². The lowest BCUT2D eigenvalue weighted by molar-refractivity contribution is -0.121. The van der Waals surface area contributed by atoms with Crippen molar-refractivity contribution in [2.45, 2.75) is 18.6 Å². The third-order valence-corrected chi connectivity index (χ3v) is 4.42. The number of anilines is 2. The molecule has 2 aliphatic rings. The normalized spacial score (nSPS) is 25.5. The van der Waals surface area contributed by atoms with E-state index in [0.717, 1.165) is 18.1 Å². The molecule has 2 fully saturated rings. The van der Waals surface area contributed by atoms with Gasteiger partial charge in [-0.2, -0.15) is 0 Å². The maximum Gasteiger partial charge on any atom is 0.230 e. The minimum atomic E-state index is -0.463. The Morgan fingerprint density at radius 2 is 1.96 bits per heavy atom. The minimum absolute atomic E-state index is 0.0319. The van der Waals surface area contributed by atoms with Crippen LogP contribution in [0.5, 0.6) is 0 Å². The molecule has 3 heterocycles. The molecule has 0 radical (unpaired) electrons. The van der Waals surface area contributed by atoms with Gasteiger partial charge in [0.15, 0.2) is 5.82 Å². The fourth-order valence-electron chi connectivity index (χ4n) is 3.32. The Hall–Kier alpha value is -2.54. The Morgan fingerprint density at radius 3 is 2.71 bits per heavy atom. The first-order chi connectivity index (χ1) is 11.7. The second-order valence-corrected chi connectivity index (χ2v) is 6.10. The summed E-state index contributed by atoms with van der Waals surface area (Å²) in [6.07, 6.45) is 2.73. The average molecular weight is 328 g/mol. The van der Waals surface area contributed by atoms with Crippen LogP contribution in [0.15, 0.2) is 42.7 Å². The topological polar surface area (TPSA) is 67.4 Å². The number of benzene rings is 1. The molecule has 1 amide bonds. The molecule has 2 bridgehead atoms. The van der Waals surface area contributed by atoms with Gasteiger partial charge in [0.2, 0.25) is 11.9 Å². The standard InChI is InChI=1S/C17H17FN4O2/c18-11-7-19-17(20-8-11)22-9-13-6-14(15(10-22)24-13)16(23)21-12-4-2-1-3-5-12/h1-5,7-8,13-15H,6,9-10H2,(H,21,23)/t13-,14+,15-/m0/s1. The summed E-state index contributed by atoms with van der Waals surface area (Å²) in [4.78, 5) is 22.5. The number of ether oxygens (including phenoxy) is 1. The first kappa shape index (κ1) is 15.0. The molecule has 6 nitrogen and oxygen atoms in total. The summed E-state index contributed by atoms with van der Waals surface area (Å²) in [6.45, 7) is 1.13. The molecule has 24 heavy (non-hydrogen) atoms. The van der Waals surface area contributed by atoms with Gasteiger partial charge in [0, 0.05) is 18.8 Å². The molecule has 1 aromatic heterocycles. The molecule has 0 spiro atoms. The molecule has 0 aliphatic carbocycles. The van der Waals surface area contributed by atoms with Gasteiger partial charge in [-0.1, -0.05) is 18.2 Å². The van der Waals surface area contributed by atoms with E-state index >= 15 is 0 Å². The number of halogens is 1. The van der Waals surface area contributed by atoms with Gasteiger partial charge in [0.25, 0.3) is 0 Å². The molecule has 2 saturated heterocycles. The van der Waals surface area contributed by atoms with Crippen molar-refractivity contribution < 1.29 is 13.9 Å². The molecule has 1 N–H and O–H groups in total. The quantitative estimate of drug-likeness (QED) is 0.931. The van der Waals surface area contributed by atoms with E-state index in [1.165, 1.54) is 0 Å². The number of hydrogen-bond donors (Lipinski definition) is 1.